The molecule has 0 radical (unpaired) electrons. The lowest BCUT2D eigenvalue weighted by molar-refractivity contribution is -0.137. The number of hydrogen-bond acceptors (Lipinski definition) is 1. The first-order chi connectivity index (χ1) is 8.20. The molecule has 0 bridgehead atoms. The lowest BCUT2D eigenvalue weighted by Gasteiger charge is -2.09. The Kier molecular flexibility index (Phi) is 3.74. The summed E-state index contributed by atoms with van der Waals surface area (Å²) in [5, 5.41) is 0. The minimum atomic E-state index is -4.76. The molecule has 18 heavy (non-hydrogen) atoms. The Morgan fingerprint density at radius 2 is 1.72 bits per heavy atom. The van der Waals surface area contributed by atoms with Gasteiger partial charge in [-0.25, -0.2) is 9.38 Å². The monoisotopic (exact) mass is 263 g/mol. The number of hydrogen-bond donors (Lipinski definition) is 3. The topological polar surface area (TPSA) is 103 Å². The van der Waals surface area contributed by atoms with Gasteiger partial charge in [0, 0.05) is 0 Å². The Balaban J connectivity index is 3.30. The Morgan fingerprint density at radius 1 is 1.11 bits per heavy atom. The second-order valence-electron chi connectivity index (χ2n) is 3.17. The van der Waals surface area contributed by atoms with Crippen LogP contribution < -0.4 is 17.2 Å². The van der Waals surface area contributed by atoms with Crippen LogP contribution in [0.3, 0.4) is 0 Å². The van der Waals surface area contributed by atoms with E-state index in [2.05, 4.69) is 9.98 Å². The number of rotatable bonds is 1. The van der Waals surface area contributed by atoms with Crippen molar-refractivity contribution in [3.8, 4) is 0 Å². The predicted octanol–water partition coefficient (Wildman–Crippen LogP) is 1.06. The van der Waals surface area contributed by atoms with E-state index in [1.54, 1.807) is 0 Å². The smallest absolute Gasteiger partial charge is 0.370 e. The third-order valence-electron chi connectivity index (χ3n) is 1.74. The van der Waals surface area contributed by atoms with Crippen LogP contribution in [0.25, 0.3) is 0 Å². The minimum Gasteiger partial charge on any atom is -0.370 e. The van der Waals surface area contributed by atoms with Gasteiger partial charge in [-0.2, -0.15) is 18.2 Å². The number of halogens is 4. The molecule has 0 aliphatic carbocycles. The van der Waals surface area contributed by atoms with Crippen molar-refractivity contribution < 1.29 is 17.6 Å². The molecule has 1 rings (SSSR count). The molecule has 6 N–H and O–H groups in total. The van der Waals surface area contributed by atoms with Crippen LogP contribution in [0.1, 0.15) is 5.56 Å². The Hall–Kier alpha value is -2.32. The molecular formula is C9H9F4N5. The summed E-state index contributed by atoms with van der Waals surface area (Å²) >= 11 is 0. The van der Waals surface area contributed by atoms with Crippen LogP contribution in [-0.4, -0.2) is 11.9 Å². The molecule has 0 aliphatic heterocycles. The lowest BCUT2D eigenvalue weighted by atomic mass is 10.1. The number of nitrogens with zero attached hydrogens (tertiary/aromatic N) is 2. The second-order valence-corrected chi connectivity index (χ2v) is 3.17. The summed E-state index contributed by atoms with van der Waals surface area (Å²) in [6.45, 7) is 0. The highest BCUT2D eigenvalue weighted by atomic mass is 19.4. The van der Waals surface area contributed by atoms with Gasteiger partial charge in [0.05, 0.1) is 11.3 Å². The fraction of sp³-hybridized carbons (Fsp3) is 0.111. The van der Waals surface area contributed by atoms with Crippen LogP contribution in [0.5, 0.6) is 0 Å². The number of aliphatic imine (C=N–C) groups is 2. The van der Waals surface area contributed by atoms with E-state index in [0.717, 1.165) is 12.1 Å². The first-order valence-electron chi connectivity index (χ1n) is 4.50. The van der Waals surface area contributed by atoms with Gasteiger partial charge in [0.25, 0.3) is 0 Å². The van der Waals surface area contributed by atoms with Gasteiger partial charge in [-0.05, 0) is 18.2 Å². The third kappa shape index (κ3) is 3.61. The molecule has 0 heterocycles. The van der Waals surface area contributed by atoms with Crippen molar-refractivity contribution in [2.24, 2.45) is 27.2 Å². The van der Waals surface area contributed by atoms with Gasteiger partial charge in [0.15, 0.2) is 5.96 Å². The molecule has 0 amide bonds. The van der Waals surface area contributed by atoms with E-state index in [1.165, 1.54) is 0 Å². The largest absolute Gasteiger partial charge is 0.418 e. The van der Waals surface area contributed by atoms with E-state index in [1.807, 2.05) is 0 Å². The van der Waals surface area contributed by atoms with E-state index in [9.17, 15) is 17.6 Å². The SMILES string of the molecule is NC(N)=NC(N)=Nc1ccc(F)cc1C(F)(F)F. The standard InChI is InChI=1S/C9H9F4N5/c10-4-1-2-6(5(3-4)9(11,12)13)17-8(16)18-7(14)15/h1-3H,(H6,14,15,16,17,18). The maximum Gasteiger partial charge on any atom is 0.418 e. The molecule has 0 saturated carbocycles. The number of nitrogens with two attached hydrogens (primary N) is 3. The van der Waals surface area contributed by atoms with Crippen molar-refractivity contribution in [2.45, 2.75) is 6.18 Å². The molecular weight excluding hydrogens is 254 g/mol. The van der Waals surface area contributed by atoms with Crippen LogP contribution in [0.2, 0.25) is 0 Å². The maximum atomic E-state index is 12.8. The summed E-state index contributed by atoms with van der Waals surface area (Å²) in [5.41, 5.74) is 13.3. The van der Waals surface area contributed by atoms with Gasteiger partial charge in [-0.1, -0.05) is 0 Å². The van der Waals surface area contributed by atoms with Gasteiger partial charge in [0.1, 0.15) is 5.82 Å². The molecule has 0 spiro atoms. The first-order valence-corrected chi connectivity index (χ1v) is 4.50. The molecule has 98 valence electrons. The van der Waals surface area contributed by atoms with Crippen molar-refractivity contribution in [3.05, 3.63) is 29.6 Å². The molecule has 1 aromatic rings. The summed E-state index contributed by atoms with van der Waals surface area (Å²) in [6, 6.07) is 1.95. The van der Waals surface area contributed by atoms with Crippen molar-refractivity contribution in [2.75, 3.05) is 0 Å². The fourth-order valence-electron chi connectivity index (χ4n) is 1.11. The first kappa shape index (κ1) is 13.7. The highest BCUT2D eigenvalue weighted by Gasteiger charge is 2.34. The fourth-order valence-corrected chi connectivity index (χ4v) is 1.11. The number of benzene rings is 1. The van der Waals surface area contributed by atoms with Crippen molar-refractivity contribution in [1.82, 2.24) is 0 Å². The van der Waals surface area contributed by atoms with E-state index < -0.39 is 35.2 Å². The summed E-state index contributed by atoms with van der Waals surface area (Å²) < 4.78 is 50.5. The Morgan fingerprint density at radius 3 is 2.22 bits per heavy atom. The summed E-state index contributed by atoms with van der Waals surface area (Å²) in [5.74, 6) is -2.05. The van der Waals surface area contributed by atoms with E-state index in [-0.39, 0.29) is 0 Å². The van der Waals surface area contributed by atoms with Gasteiger partial charge in [0.2, 0.25) is 5.96 Å². The molecule has 0 aromatic heterocycles. The molecule has 0 aliphatic rings. The average Bonchev–Trinajstić information content (AvgIpc) is 2.17. The summed E-state index contributed by atoms with van der Waals surface area (Å²) in [4.78, 5) is 6.62. The maximum absolute atomic E-state index is 12.8. The molecule has 0 fully saturated rings. The normalized spacial score (nSPS) is 12.3. The van der Waals surface area contributed by atoms with E-state index >= 15 is 0 Å². The lowest BCUT2D eigenvalue weighted by Crippen LogP contribution is -2.26. The van der Waals surface area contributed by atoms with Gasteiger partial charge < -0.3 is 17.2 Å². The molecule has 0 atom stereocenters. The van der Waals surface area contributed by atoms with Crippen LogP contribution in [-0.2, 0) is 6.18 Å². The Bertz CT molecular complexity index is 502. The molecule has 5 nitrogen and oxygen atoms in total. The van der Waals surface area contributed by atoms with Gasteiger partial charge in [-0.3, -0.25) is 0 Å². The molecule has 1 aromatic carbocycles. The highest BCUT2D eigenvalue weighted by molar-refractivity contribution is 5.93. The van der Waals surface area contributed by atoms with Crippen molar-refractivity contribution >= 4 is 17.6 Å². The Labute approximate surface area is 99.0 Å². The van der Waals surface area contributed by atoms with Crippen molar-refractivity contribution in [3.63, 3.8) is 0 Å². The van der Waals surface area contributed by atoms with Gasteiger partial charge >= 0.3 is 6.18 Å². The molecule has 0 saturated heterocycles. The van der Waals surface area contributed by atoms with E-state index in [0.29, 0.717) is 6.07 Å². The number of alkyl halides is 3. The van der Waals surface area contributed by atoms with E-state index in [4.69, 9.17) is 17.2 Å². The quantitative estimate of drug-likeness (QED) is 0.401. The van der Waals surface area contributed by atoms with Crippen LogP contribution in [0, 0.1) is 5.82 Å². The summed E-state index contributed by atoms with van der Waals surface area (Å²) in [7, 11) is 0. The van der Waals surface area contributed by atoms with Crippen molar-refractivity contribution in [1.29, 1.82) is 0 Å². The summed E-state index contributed by atoms with van der Waals surface area (Å²) in [6.07, 6.45) is -4.76. The van der Waals surface area contributed by atoms with Crippen LogP contribution in [0.15, 0.2) is 28.2 Å². The third-order valence-corrected chi connectivity index (χ3v) is 1.74. The minimum absolute atomic E-state index is 0.307. The molecule has 0 unspecified atom stereocenters. The predicted molar refractivity (Wildman–Crippen MR) is 58.5 cm³/mol. The average molecular weight is 263 g/mol. The molecule has 9 heteroatoms. The van der Waals surface area contributed by atoms with Crippen LogP contribution >= 0.6 is 0 Å². The second kappa shape index (κ2) is 4.90. The zero-order chi connectivity index (χ0) is 13.9. The number of guanidine groups is 2. The zero-order valence-corrected chi connectivity index (χ0v) is 8.87. The highest BCUT2D eigenvalue weighted by Crippen LogP contribution is 2.36. The zero-order valence-electron chi connectivity index (χ0n) is 8.87. The van der Waals surface area contributed by atoms with Gasteiger partial charge in [-0.15, -0.1) is 0 Å². The van der Waals surface area contributed by atoms with Crippen LogP contribution in [0.4, 0.5) is 23.2 Å².